The van der Waals surface area contributed by atoms with E-state index in [0.29, 0.717) is 0 Å². The van der Waals surface area contributed by atoms with Gasteiger partial charge in [0, 0.05) is 0 Å². The topological polar surface area (TPSA) is 46.1 Å². The Bertz CT molecular complexity index is 274. The zero-order valence-corrected chi connectivity index (χ0v) is 28.8. The summed E-state index contributed by atoms with van der Waals surface area (Å²) < 4.78 is 0. The van der Waals surface area contributed by atoms with Gasteiger partial charge >= 0.3 is 23.9 Å². The van der Waals surface area contributed by atoms with Crippen molar-refractivity contribution in [3.8, 4) is 0 Å². The third-order valence-electron chi connectivity index (χ3n) is 7.50. The van der Waals surface area contributed by atoms with Gasteiger partial charge in [0.05, 0.1) is 0 Å². The zero-order valence-electron chi connectivity index (χ0n) is 25.9. The van der Waals surface area contributed by atoms with Crippen molar-refractivity contribution in [3.05, 3.63) is 0 Å². The van der Waals surface area contributed by atoms with E-state index < -0.39 is 0 Å². The van der Waals surface area contributed by atoms with Crippen molar-refractivity contribution >= 4 is 23.9 Å². The van der Waals surface area contributed by atoms with Gasteiger partial charge in [0.25, 0.3) is 0 Å². The molecule has 0 aromatic carbocycles. The minimum Gasteiger partial charge on any atom is -0.854 e. The van der Waals surface area contributed by atoms with Crippen LogP contribution in [0.4, 0.5) is 0 Å². The van der Waals surface area contributed by atoms with Gasteiger partial charge in [-0.15, -0.1) is 13.2 Å². The summed E-state index contributed by atoms with van der Waals surface area (Å²) in [6.45, 7) is 4.80. The van der Waals surface area contributed by atoms with E-state index >= 15 is 0 Å². The van der Waals surface area contributed by atoms with E-state index in [2.05, 4.69) is 13.8 Å². The first kappa shape index (κ1) is 42.2. The van der Waals surface area contributed by atoms with Crippen molar-refractivity contribution < 1.29 is 10.2 Å². The van der Waals surface area contributed by atoms with Crippen LogP contribution in [0.2, 0.25) is 0 Å². The molecule has 0 N–H and O–H groups in total. The fourth-order valence-corrected chi connectivity index (χ4v) is 4.95. The van der Waals surface area contributed by atoms with Gasteiger partial charge in [0.2, 0.25) is 0 Å². The van der Waals surface area contributed by atoms with E-state index in [1.54, 1.807) is 0 Å². The average Bonchev–Trinajstić information content (AvgIpc) is 2.89. The van der Waals surface area contributed by atoms with Crippen LogP contribution in [0.3, 0.4) is 0 Å². The van der Waals surface area contributed by atoms with Gasteiger partial charge in [-0.2, -0.15) is 0 Å². The molecule has 0 aliphatic heterocycles. The van der Waals surface area contributed by atoms with Gasteiger partial charge in [-0.05, 0) is 0 Å². The van der Waals surface area contributed by atoms with Crippen LogP contribution in [0.15, 0.2) is 0 Å². The number of unbranched alkanes of at least 4 members (excludes halogenated alkanes) is 28. The fraction of sp³-hybridized carbons (Fsp3) is 1.00. The Labute approximate surface area is 252 Å². The Balaban J connectivity index is -0.000000608. The molecule has 0 aromatic rings. The molecule has 0 aliphatic carbocycles. The Morgan fingerprint density at radius 1 is 0.243 bits per heavy atom. The molecule has 0 atom stereocenters. The van der Waals surface area contributed by atoms with Crippen LogP contribution in [0.1, 0.15) is 206 Å². The molecule has 0 unspecified atom stereocenters. The van der Waals surface area contributed by atoms with E-state index in [-0.39, 0.29) is 37.1 Å². The second-order valence-electron chi connectivity index (χ2n) is 11.3. The number of hydrogen-bond acceptors (Lipinski definition) is 2. The molecule has 3 heteroatoms. The van der Waals surface area contributed by atoms with Gasteiger partial charge in [-0.1, -0.05) is 206 Å². The molecule has 222 valence electrons. The summed E-state index contributed by atoms with van der Waals surface area (Å²) in [5, 5.41) is 20.5. The first-order valence-electron chi connectivity index (χ1n) is 17.0. The van der Waals surface area contributed by atoms with Crippen molar-refractivity contribution in [2.75, 3.05) is 13.2 Å². The Morgan fingerprint density at radius 3 is 0.514 bits per heavy atom. The molecule has 0 rings (SSSR count). The molecule has 0 heterocycles. The standard InChI is InChI=1S/2C17H35O.Sn/c2*1-2-3-4-5-6-7-8-9-10-11-12-13-14-15-16-17-18;/h2*2-17H2,1H3;/q2*-1;+2. The van der Waals surface area contributed by atoms with Gasteiger partial charge in [-0.3, -0.25) is 0 Å². The smallest absolute Gasteiger partial charge is 0.854 e. The molecule has 0 aliphatic rings. The average molecular weight is 630 g/mol. The van der Waals surface area contributed by atoms with Gasteiger partial charge in [-0.25, -0.2) is 0 Å². The van der Waals surface area contributed by atoms with Crippen LogP contribution in [-0.4, -0.2) is 37.1 Å². The van der Waals surface area contributed by atoms with Gasteiger partial charge < -0.3 is 10.2 Å². The summed E-state index contributed by atoms with van der Waals surface area (Å²) in [5.74, 6) is 0. The van der Waals surface area contributed by atoms with E-state index in [1.165, 1.54) is 167 Å². The third kappa shape index (κ3) is 46.9. The molecule has 2 radical (unpaired) electrons. The van der Waals surface area contributed by atoms with Crippen molar-refractivity contribution in [2.24, 2.45) is 0 Å². The number of hydrogen-bond donors (Lipinski definition) is 0. The predicted molar refractivity (Wildman–Crippen MR) is 165 cm³/mol. The molecule has 37 heavy (non-hydrogen) atoms. The SMILES string of the molecule is CCCCCCCCCCCCCCCCC[O-].CCCCCCCCCCCCCCCCC[O-].[Sn+2]. The summed E-state index contributed by atoms with van der Waals surface area (Å²) in [5.41, 5.74) is 0. The predicted octanol–water partition coefficient (Wildman–Crippen LogP) is 10.1. The molecule has 0 bridgehead atoms. The van der Waals surface area contributed by atoms with Crippen molar-refractivity contribution in [1.29, 1.82) is 0 Å². The van der Waals surface area contributed by atoms with Crippen molar-refractivity contribution in [2.45, 2.75) is 206 Å². The maximum Gasteiger partial charge on any atom is 2.00 e. The molecule has 0 spiro atoms. The maximum absolute atomic E-state index is 10.2. The molecule has 2 nitrogen and oxygen atoms in total. The van der Waals surface area contributed by atoms with E-state index in [9.17, 15) is 10.2 Å². The summed E-state index contributed by atoms with van der Waals surface area (Å²) in [4.78, 5) is 0. The Kier molecular flexibility index (Phi) is 49.9. The second kappa shape index (κ2) is 43.8. The largest absolute Gasteiger partial charge is 2.00 e. The Hall–Kier alpha value is 0.719. The molecule has 0 aromatic heterocycles. The van der Waals surface area contributed by atoms with Crippen molar-refractivity contribution in [3.63, 3.8) is 0 Å². The van der Waals surface area contributed by atoms with E-state index in [0.717, 1.165) is 25.7 Å². The van der Waals surface area contributed by atoms with Gasteiger partial charge in [0.15, 0.2) is 0 Å². The first-order chi connectivity index (χ1) is 17.8. The minimum absolute atomic E-state index is 0. The molecular weight excluding hydrogens is 559 g/mol. The van der Waals surface area contributed by atoms with E-state index in [4.69, 9.17) is 0 Å². The summed E-state index contributed by atoms with van der Waals surface area (Å²) in [7, 11) is 0. The Morgan fingerprint density at radius 2 is 0.378 bits per heavy atom. The molecule has 0 amide bonds. The summed E-state index contributed by atoms with van der Waals surface area (Å²) >= 11 is 0. The van der Waals surface area contributed by atoms with Crippen LogP contribution in [-0.2, 0) is 0 Å². The van der Waals surface area contributed by atoms with Crippen LogP contribution < -0.4 is 10.2 Å². The first-order valence-corrected chi connectivity index (χ1v) is 17.0. The maximum atomic E-state index is 10.2. The van der Waals surface area contributed by atoms with Crippen LogP contribution in [0, 0.1) is 0 Å². The van der Waals surface area contributed by atoms with Crippen molar-refractivity contribution in [1.82, 2.24) is 0 Å². The fourth-order valence-electron chi connectivity index (χ4n) is 4.95. The van der Waals surface area contributed by atoms with E-state index in [1.807, 2.05) is 0 Å². The zero-order chi connectivity index (χ0) is 26.6. The molecule has 0 fully saturated rings. The van der Waals surface area contributed by atoms with Gasteiger partial charge in [0.1, 0.15) is 0 Å². The summed E-state index contributed by atoms with van der Waals surface area (Å²) in [6, 6.07) is 0. The summed E-state index contributed by atoms with van der Waals surface area (Å²) in [6.07, 6.45) is 40.7. The number of rotatable bonds is 30. The van der Waals surface area contributed by atoms with Crippen LogP contribution in [0.25, 0.3) is 0 Å². The molecular formula is C34H70O2Sn. The molecule has 0 saturated carbocycles. The monoisotopic (exact) mass is 630 g/mol. The third-order valence-corrected chi connectivity index (χ3v) is 7.50. The van der Waals surface area contributed by atoms with Crippen LogP contribution in [0.5, 0.6) is 0 Å². The second-order valence-corrected chi connectivity index (χ2v) is 11.3. The normalized spacial score (nSPS) is 10.7. The minimum atomic E-state index is 0. The molecule has 0 saturated heterocycles. The quantitative estimate of drug-likeness (QED) is 0.0587. The van der Waals surface area contributed by atoms with Crippen LogP contribution >= 0.6 is 0 Å².